The summed E-state index contributed by atoms with van der Waals surface area (Å²) in [5, 5.41) is 23.7. The summed E-state index contributed by atoms with van der Waals surface area (Å²) in [4.78, 5) is 28.0. The van der Waals surface area contributed by atoms with Crippen molar-refractivity contribution in [3.63, 3.8) is 0 Å². The Balaban J connectivity index is 1.38. The molecule has 0 saturated heterocycles. The van der Waals surface area contributed by atoms with Gasteiger partial charge in [0, 0.05) is 10.9 Å². The number of carboxylic acids is 1. The highest BCUT2D eigenvalue weighted by Crippen LogP contribution is 2.23. The molecule has 0 aliphatic heterocycles. The number of aromatic nitrogens is 5. The predicted molar refractivity (Wildman–Crippen MR) is 113 cm³/mol. The molecule has 2 heterocycles. The summed E-state index contributed by atoms with van der Waals surface area (Å²) in [6.45, 7) is 0. The minimum atomic E-state index is -1.00. The zero-order valence-corrected chi connectivity index (χ0v) is 17.1. The summed E-state index contributed by atoms with van der Waals surface area (Å²) in [5.74, 6) is -0.783. The highest BCUT2D eigenvalue weighted by molar-refractivity contribution is 7.99. The third-order valence-corrected chi connectivity index (χ3v) is 5.96. The lowest BCUT2D eigenvalue weighted by Gasteiger charge is -2.04. The van der Waals surface area contributed by atoms with Crippen LogP contribution in [-0.4, -0.2) is 47.8 Å². The van der Waals surface area contributed by atoms with Crippen LogP contribution in [0.2, 0.25) is 0 Å². The molecule has 0 spiro atoms. The molecular formula is C20H15N5O3S2. The maximum Gasteiger partial charge on any atom is 0.335 e. The van der Waals surface area contributed by atoms with E-state index < -0.39 is 5.97 Å². The molecule has 4 rings (SSSR count). The third kappa shape index (κ3) is 4.61. The number of tetrazole rings is 1. The van der Waals surface area contributed by atoms with Gasteiger partial charge >= 0.3 is 5.97 Å². The zero-order chi connectivity index (χ0) is 20.9. The number of ketones is 1. The monoisotopic (exact) mass is 437 g/mol. The van der Waals surface area contributed by atoms with Gasteiger partial charge in [-0.1, -0.05) is 42.1 Å². The number of carbonyl (C=O) groups excluding carboxylic acids is 1. The average Bonchev–Trinajstić information content (AvgIpc) is 3.42. The molecule has 0 bridgehead atoms. The summed E-state index contributed by atoms with van der Waals surface area (Å²) in [6, 6.07) is 16.0. The van der Waals surface area contributed by atoms with Gasteiger partial charge in [-0.05, 0) is 34.7 Å². The Morgan fingerprint density at radius 1 is 1.07 bits per heavy atom. The lowest BCUT2D eigenvalue weighted by molar-refractivity contribution is -0.116. The molecule has 0 unspecified atom stereocenters. The van der Waals surface area contributed by atoms with E-state index in [4.69, 9.17) is 5.11 Å². The van der Waals surface area contributed by atoms with Crippen molar-refractivity contribution in [2.24, 2.45) is 0 Å². The van der Waals surface area contributed by atoms with E-state index in [-0.39, 0.29) is 23.5 Å². The fourth-order valence-corrected chi connectivity index (χ4v) is 4.26. The smallest absolute Gasteiger partial charge is 0.335 e. The Labute approximate surface area is 179 Å². The first kappa shape index (κ1) is 19.9. The number of hydrogen-bond acceptors (Lipinski definition) is 8. The van der Waals surface area contributed by atoms with E-state index in [2.05, 4.69) is 20.5 Å². The highest BCUT2D eigenvalue weighted by Gasteiger charge is 2.14. The Kier molecular flexibility index (Phi) is 5.96. The van der Waals surface area contributed by atoms with E-state index in [1.165, 1.54) is 39.9 Å². The molecule has 0 atom stereocenters. The molecule has 4 aromatic rings. The molecule has 150 valence electrons. The molecule has 10 heteroatoms. The first-order valence-electron chi connectivity index (χ1n) is 8.86. The quantitative estimate of drug-likeness (QED) is 0.418. The fourth-order valence-electron chi connectivity index (χ4n) is 2.67. The van der Waals surface area contributed by atoms with Gasteiger partial charge in [0.15, 0.2) is 0 Å². The van der Waals surface area contributed by atoms with Crippen molar-refractivity contribution in [2.75, 3.05) is 5.75 Å². The Morgan fingerprint density at radius 3 is 2.57 bits per heavy atom. The second-order valence-electron chi connectivity index (χ2n) is 6.22. The van der Waals surface area contributed by atoms with E-state index in [9.17, 15) is 9.59 Å². The van der Waals surface area contributed by atoms with E-state index in [1.807, 2.05) is 35.7 Å². The van der Waals surface area contributed by atoms with Crippen LogP contribution in [0, 0.1) is 0 Å². The van der Waals surface area contributed by atoms with Crippen molar-refractivity contribution >= 4 is 34.9 Å². The fraction of sp³-hybridized carbons (Fsp3) is 0.100. The molecule has 1 N–H and O–H groups in total. The molecule has 0 saturated carbocycles. The summed E-state index contributed by atoms with van der Waals surface area (Å²) < 4.78 is 1.47. The van der Waals surface area contributed by atoms with Crippen molar-refractivity contribution in [1.29, 1.82) is 0 Å². The molecule has 0 aliphatic carbocycles. The number of nitrogens with zero attached hydrogens (tertiary/aromatic N) is 5. The second kappa shape index (κ2) is 8.97. The van der Waals surface area contributed by atoms with Gasteiger partial charge in [-0.25, -0.2) is 9.78 Å². The number of thiazole rings is 1. The lowest BCUT2D eigenvalue weighted by atomic mass is 10.2. The predicted octanol–water partition coefficient (Wildman–Crippen LogP) is 3.39. The highest BCUT2D eigenvalue weighted by atomic mass is 32.2. The van der Waals surface area contributed by atoms with Gasteiger partial charge in [-0.3, -0.25) is 4.79 Å². The average molecular weight is 438 g/mol. The molecule has 2 aromatic heterocycles. The Hall–Kier alpha value is -3.37. The van der Waals surface area contributed by atoms with Crippen molar-refractivity contribution in [1.82, 2.24) is 25.2 Å². The number of rotatable bonds is 8. The van der Waals surface area contributed by atoms with Crippen LogP contribution in [0.4, 0.5) is 0 Å². The maximum atomic E-state index is 12.4. The van der Waals surface area contributed by atoms with Gasteiger partial charge in [0.25, 0.3) is 0 Å². The van der Waals surface area contributed by atoms with Crippen LogP contribution in [0.1, 0.15) is 15.4 Å². The largest absolute Gasteiger partial charge is 0.478 e. The van der Waals surface area contributed by atoms with Crippen molar-refractivity contribution in [3.8, 4) is 16.9 Å². The maximum absolute atomic E-state index is 12.4. The molecule has 0 amide bonds. The van der Waals surface area contributed by atoms with Crippen LogP contribution < -0.4 is 0 Å². The number of Topliss-reactive ketones (excluding diaryl/α,β-unsaturated/α-hetero) is 1. The van der Waals surface area contributed by atoms with Crippen LogP contribution in [0.25, 0.3) is 16.9 Å². The minimum absolute atomic E-state index is 0.0183. The number of thioether (sulfide) groups is 1. The topological polar surface area (TPSA) is 111 Å². The van der Waals surface area contributed by atoms with Crippen LogP contribution in [0.3, 0.4) is 0 Å². The number of carbonyl (C=O) groups is 2. The van der Waals surface area contributed by atoms with Crippen LogP contribution >= 0.6 is 23.1 Å². The molecule has 30 heavy (non-hydrogen) atoms. The van der Waals surface area contributed by atoms with E-state index in [1.54, 1.807) is 12.1 Å². The van der Waals surface area contributed by atoms with Gasteiger partial charge in [-0.15, -0.1) is 16.4 Å². The van der Waals surface area contributed by atoms with Crippen molar-refractivity contribution < 1.29 is 14.7 Å². The van der Waals surface area contributed by atoms with E-state index in [0.29, 0.717) is 10.8 Å². The number of benzene rings is 2. The van der Waals surface area contributed by atoms with Crippen LogP contribution in [0.5, 0.6) is 0 Å². The molecular weight excluding hydrogens is 422 g/mol. The van der Waals surface area contributed by atoms with E-state index in [0.717, 1.165) is 16.3 Å². The molecule has 0 radical (unpaired) electrons. The third-order valence-electron chi connectivity index (χ3n) is 4.13. The summed E-state index contributed by atoms with van der Waals surface area (Å²) in [7, 11) is 0. The van der Waals surface area contributed by atoms with E-state index >= 15 is 0 Å². The Morgan fingerprint density at radius 2 is 1.83 bits per heavy atom. The summed E-state index contributed by atoms with van der Waals surface area (Å²) in [6.07, 6.45) is 0.249. The first-order valence-corrected chi connectivity index (χ1v) is 10.7. The molecule has 8 nitrogen and oxygen atoms in total. The van der Waals surface area contributed by atoms with Crippen molar-refractivity contribution in [2.45, 2.75) is 11.6 Å². The lowest BCUT2D eigenvalue weighted by Crippen LogP contribution is -2.07. The number of carboxylic acid groups (broad SMARTS) is 1. The number of hydrogen-bond donors (Lipinski definition) is 1. The minimum Gasteiger partial charge on any atom is -0.478 e. The van der Waals surface area contributed by atoms with Crippen molar-refractivity contribution in [3.05, 3.63) is 70.5 Å². The van der Waals surface area contributed by atoms with Gasteiger partial charge in [-0.2, -0.15) is 4.68 Å². The van der Waals surface area contributed by atoms with Gasteiger partial charge in [0.2, 0.25) is 5.16 Å². The summed E-state index contributed by atoms with van der Waals surface area (Å²) >= 11 is 2.69. The van der Waals surface area contributed by atoms with Gasteiger partial charge < -0.3 is 5.11 Å². The zero-order valence-electron chi connectivity index (χ0n) is 15.5. The SMILES string of the molecule is O=C(CSc1nnnn1-c1ccc(C(=O)O)cc1)Cc1nc(-c2ccccc2)cs1. The second-order valence-corrected chi connectivity index (χ2v) is 8.11. The normalized spacial score (nSPS) is 10.8. The number of aromatic carboxylic acids is 1. The standard InChI is InChI=1S/C20H15N5O3S2/c26-16(10-18-21-17(12-29-18)13-4-2-1-3-5-13)11-30-20-22-23-24-25(20)15-8-6-14(7-9-15)19(27)28/h1-9,12H,10-11H2,(H,27,28). The van der Waals surface area contributed by atoms with Gasteiger partial charge in [0.1, 0.15) is 10.8 Å². The van der Waals surface area contributed by atoms with Crippen LogP contribution in [0.15, 0.2) is 65.1 Å². The molecule has 2 aromatic carbocycles. The first-order chi connectivity index (χ1) is 14.6. The summed E-state index contributed by atoms with van der Waals surface area (Å²) in [5.41, 5.74) is 2.68. The Bertz CT molecular complexity index is 1170. The van der Waals surface area contributed by atoms with Gasteiger partial charge in [0.05, 0.1) is 29.1 Å². The molecule has 0 aliphatic rings. The van der Waals surface area contributed by atoms with Crippen LogP contribution in [-0.2, 0) is 11.2 Å². The molecule has 0 fully saturated rings.